The molecule has 1 aromatic rings. The number of hydrogen-bond acceptors (Lipinski definition) is 3. The Morgan fingerprint density at radius 2 is 2.50 bits per heavy atom. The minimum atomic E-state index is -0.391. The van der Waals surface area contributed by atoms with Crippen molar-refractivity contribution < 1.29 is 4.79 Å². The third-order valence-electron chi connectivity index (χ3n) is 3.35. The molecule has 1 atom stereocenters. The van der Waals surface area contributed by atoms with E-state index in [9.17, 15) is 4.79 Å². The van der Waals surface area contributed by atoms with Gasteiger partial charge in [0.1, 0.15) is 5.82 Å². The molecule has 0 bridgehead atoms. The molecule has 0 aromatic carbocycles. The summed E-state index contributed by atoms with van der Waals surface area (Å²) in [5.41, 5.74) is 0.565. The predicted octanol–water partition coefficient (Wildman–Crippen LogP) is 1.19. The third-order valence-corrected chi connectivity index (χ3v) is 3.35. The molecule has 0 spiro atoms. The molecular weight excluding hydrogens is 204 g/mol. The van der Waals surface area contributed by atoms with Crippen molar-refractivity contribution in [3.05, 3.63) is 11.8 Å². The Bertz CT molecular complexity index is 379. The van der Waals surface area contributed by atoms with E-state index < -0.39 is 5.54 Å². The van der Waals surface area contributed by atoms with Gasteiger partial charge in [0.05, 0.1) is 11.7 Å². The summed E-state index contributed by atoms with van der Waals surface area (Å²) in [4.78, 5) is 12.2. The fraction of sp³-hybridized carbons (Fsp3) is 0.636. The molecule has 1 fully saturated rings. The fourth-order valence-electron chi connectivity index (χ4n) is 2.17. The average Bonchev–Trinajstić information content (AvgIpc) is 2.89. The van der Waals surface area contributed by atoms with Gasteiger partial charge in [-0.3, -0.25) is 9.89 Å². The van der Waals surface area contributed by atoms with Crippen LogP contribution >= 0.6 is 0 Å². The Morgan fingerprint density at radius 3 is 3.00 bits per heavy atom. The normalized spacial score (nSPS) is 24.6. The predicted molar refractivity (Wildman–Crippen MR) is 62.2 cm³/mol. The number of nitrogens with one attached hydrogen (secondary N) is 3. The number of rotatable bonds is 3. The largest absolute Gasteiger partial charge is 0.309 e. The van der Waals surface area contributed by atoms with Crippen LogP contribution in [-0.2, 0) is 4.79 Å². The molecule has 1 amide bonds. The summed E-state index contributed by atoms with van der Waals surface area (Å²) in [5.74, 6) is 0.742. The van der Waals surface area contributed by atoms with Crippen molar-refractivity contribution in [2.75, 3.05) is 11.9 Å². The molecule has 0 saturated carbocycles. The van der Waals surface area contributed by atoms with Crippen molar-refractivity contribution in [1.82, 2.24) is 15.5 Å². The van der Waals surface area contributed by atoms with Gasteiger partial charge >= 0.3 is 0 Å². The van der Waals surface area contributed by atoms with Crippen LogP contribution in [0.4, 0.5) is 5.82 Å². The Hall–Kier alpha value is -1.36. The number of amides is 1. The number of aromatic amines is 1. The van der Waals surface area contributed by atoms with E-state index >= 15 is 0 Å². The molecule has 5 nitrogen and oxygen atoms in total. The van der Waals surface area contributed by atoms with Crippen molar-refractivity contribution in [3.8, 4) is 0 Å². The van der Waals surface area contributed by atoms with Gasteiger partial charge < -0.3 is 10.6 Å². The van der Waals surface area contributed by atoms with Crippen LogP contribution in [0.3, 0.4) is 0 Å². The molecule has 1 aliphatic heterocycles. The summed E-state index contributed by atoms with van der Waals surface area (Å²) in [6, 6.07) is 0. The van der Waals surface area contributed by atoms with Gasteiger partial charge in [-0.25, -0.2) is 0 Å². The lowest BCUT2D eigenvalue weighted by atomic mass is 9.93. The van der Waals surface area contributed by atoms with Crippen LogP contribution in [0.1, 0.15) is 31.7 Å². The molecule has 16 heavy (non-hydrogen) atoms. The molecular formula is C11H18N4O. The molecule has 1 aliphatic rings. The highest BCUT2D eigenvalue weighted by atomic mass is 16.2. The molecule has 3 N–H and O–H groups in total. The van der Waals surface area contributed by atoms with Crippen LogP contribution in [-0.4, -0.2) is 28.2 Å². The second-order valence-corrected chi connectivity index (χ2v) is 4.35. The Kier molecular flexibility index (Phi) is 2.96. The van der Waals surface area contributed by atoms with Gasteiger partial charge in [0.2, 0.25) is 5.91 Å². The SMILES string of the molecule is CCC1(C(=O)Nc2[nH]ncc2C)CCCN1. The minimum absolute atomic E-state index is 0.0415. The maximum absolute atomic E-state index is 12.2. The summed E-state index contributed by atoms with van der Waals surface area (Å²) in [7, 11) is 0. The summed E-state index contributed by atoms with van der Waals surface area (Å²) >= 11 is 0. The highest BCUT2D eigenvalue weighted by molar-refractivity contribution is 5.98. The van der Waals surface area contributed by atoms with Crippen molar-refractivity contribution in [1.29, 1.82) is 0 Å². The minimum Gasteiger partial charge on any atom is -0.309 e. The van der Waals surface area contributed by atoms with Crippen LogP contribution in [0.5, 0.6) is 0 Å². The molecule has 2 heterocycles. The van der Waals surface area contributed by atoms with Crippen molar-refractivity contribution >= 4 is 11.7 Å². The van der Waals surface area contributed by atoms with Crippen LogP contribution in [0.25, 0.3) is 0 Å². The smallest absolute Gasteiger partial charge is 0.245 e. The van der Waals surface area contributed by atoms with Gasteiger partial charge in [0.25, 0.3) is 0 Å². The molecule has 1 unspecified atom stereocenters. The molecule has 88 valence electrons. The molecule has 5 heteroatoms. The Labute approximate surface area is 95.0 Å². The van der Waals surface area contributed by atoms with Crippen molar-refractivity contribution in [2.45, 2.75) is 38.6 Å². The van der Waals surface area contributed by atoms with Gasteiger partial charge in [-0.2, -0.15) is 5.10 Å². The second kappa shape index (κ2) is 4.25. The van der Waals surface area contributed by atoms with E-state index in [-0.39, 0.29) is 5.91 Å². The highest BCUT2D eigenvalue weighted by Crippen LogP contribution is 2.24. The second-order valence-electron chi connectivity index (χ2n) is 4.35. The van der Waals surface area contributed by atoms with E-state index in [1.807, 2.05) is 13.8 Å². The highest BCUT2D eigenvalue weighted by Gasteiger charge is 2.39. The van der Waals surface area contributed by atoms with Crippen molar-refractivity contribution in [2.24, 2.45) is 0 Å². The molecule has 1 aromatic heterocycles. The zero-order chi connectivity index (χ0) is 11.6. The number of hydrogen-bond donors (Lipinski definition) is 3. The maximum atomic E-state index is 12.2. The summed E-state index contributed by atoms with van der Waals surface area (Å²) in [6.45, 7) is 4.88. The van der Waals surface area contributed by atoms with E-state index in [1.54, 1.807) is 6.20 Å². The van der Waals surface area contributed by atoms with Crippen LogP contribution < -0.4 is 10.6 Å². The molecule has 0 radical (unpaired) electrons. The number of anilines is 1. The molecule has 0 aliphatic carbocycles. The van der Waals surface area contributed by atoms with Crippen molar-refractivity contribution in [3.63, 3.8) is 0 Å². The molecule has 1 saturated heterocycles. The third kappa shape index (κ3) is 1.82. The lowest BCUT2D eigenvalue weighted by Crippen LogP contribution is -2.50. The zero-order valence-corrected chi connectivity index (χ0v) is 9.76. The number of nitrogens with zero attached hydrogens (tertiary/aromatic N) is 1. The first-order valence-corrected chi connectivity index (χ1v) is 5.74. The van der Waals surface area contributed by atoms with Gasteiger partial charge in [-0.15, -0.1) is 0 Å². The summed E-state index contributed by atoms with van der Waals surface area (Å²) in [5, 5.41) is 12.9. The van der Waals surface area contributed by atoms with Gasteiger partial charge in [-0.05, 0) is 32.7 Å². The van der Waals surface area contributed by atoms with E-state index in [1.165, 1.54) is 0 Å². The van der Waals surface area contributed by atoms with E-state index in [4.69, 9.17) is 0 Å². The van der Waals surface area contributed by atoms with E-state index in [0.717, 1.165) is 31.4 Å². The molecule has 2 rings (SSSR count). The summed E-state index contributed by atoms with van der Waals surface area (Å²) < 4.78 is 0. The van der Waals surface area contributed by atoms with Gasteiger partial charge in [0, 0.05) is 5.56 Å². The average molecular weight is 222 g/mol. The van der Waals surface area contributed by atoms with E-state index in [0.29, 0.717) is 5.82 Å². The topological polar surface area (TPSA) is 69.8 Å². The number of carbonyl (C=O) groups is 1. The van der Waals surface area contributed by atoms with E-state index in [2.05, 4.69) is 20.8 Å². The Balaban J connectivity index is 2.10. The Morgan fingerprint density at radius 1 is 1.69 bits per heavy atom. The number of carbonyl (C=O) groups excluding carboxylic acids is 1. The zero-order valence-electron chi connectivity index (χ0n) is 9.76. The van der Waals surface area contributed by atoms with Crippen LogP contribution in [0, 0.1) is 6.92 Å². The first-order chi connectivity index (χ1) is 7.68. The fourth-order valence-corrected chi connectivity index (χ4v) is 2.17. The van der Waals surface area contributed by atoms with Crippen LogP contribution in [0.2, 0.25) is 0 Å². The van der Waals surface area contributed by atoms with Crippen LogP contribution in [0.15, 0.2) is 6.20 Å². The monoisotopic (exact) mass is 222 g/mol. The lowest BCUT2D eigenvalue weighted by molar-refractivity contribution is -0.122. The van der Waals surface area contributed by atoms with Gasteiger partial charge in [-0.1, -0.05) is 6.92 Å². The first kappa shape index (κ1) is 11.1. The maximum Gasteiger partial charge on any atom is 0.245 e. The number of H-pyrrole nitrogens is 1. The standard InChI is InChI=1S/C11H18N4O/c1-3-11(5-4-6-12-11)10(16)14-9-8(2)7-13-15-9/h7,12H,3-6H2,1-2H3,(H2,13,14,15,16). The quantitative estimate of drug-likeness (QED) is 0.719. The number of aryl methyl sites for hydroxylation is 1. The first-order valence-electron chi connectivity index (χ1n) is 5.74. The van der Waals surface area contributed by atoms with Gasteiger partial charge in [0.15, 0.2) is 0 Å². The lowest BCUT2D eigenvalue weighted by Gasteiger charge is -2.26. The number of aromatic nitrogens is 2. The summed E-state index contributed by atoms with van der Waals surface area (Å²) in [6.07, 6.45) is 4.48.